The number of H-pyrrole nitrogens is 1. The van der Waals surface area contributed by atoms with Crippen molar-refractivity contribution >= 4 is 22.5 Å². The van der Waals surface area contributed by atoms with E-state index in [4.69, 9.17) is 0 Å². The van der Waals surface area contributed by atoms with Gasteiger partial charge < -0.3 is 15.2 Å². The molecule has 1 aliphatic heterocycles. The molecule has 1 amide bonds. The van der Waals surface area contributed by atoms with Crippen molar-refractivity contribution in [3.8, 4) is 0 Å². The molecule has 0 aliphatic carbocycles. The van der Waals surface area contributed by atoms with Gasteiger partial charge in [-0.05, 0) is 36.6 Å². The summed E-state index contributed by atoms with van der Waals surface area (Å²) in [6, 6.07) is 17.5. The van der Waals surface area contributed by atoms with E-state index in [0.717, 1.165) is 25.0 Å². The summed E-state index contributed by atoms with van der Waals surface area (Å²) >= 11 is 0. The predicted octanol–water partition coefficient (Wildman–Crippen LogP) is 2.78. The van der Waals surface area contributed by atoms with E-state index >= 15 is 0 Å². The molecule has 3 aromatic rings. The highest BCUT2D eigenvalue weighted by molar-refractivity contribution is 5.97. The lowest BCUT2D eigenvalue weighted by molar-refractivity contribution is 0.0947. The third-order valence-corrected chi connectivity index (χ3v) is 4.99. The van der Waals surface area contributed by atoms with Crippen molar-refractivity contribution in [2.45, 2.75) is 6.42 Å². The average molecular weight is 347 g/mol. The molecule has 1 aliphatic rings. The van der Waals surface area contributed by atoms with Crippen LogP contribution in [0, 0.1) is 5.92 Å². The van der Waals surface area contributed by atoms with Gasteiger partial charge in [-0.3, -0.25) is 9.59 Å². The fourth-order valence-electron chi connectivity index (χ4n) is 3.54. The third-order valence-electron chi connectivity index (χ3n) is 4.99. The van der Waals surface area contributed by atoms with Crippen molar-refractivity contribution < 1.29 is 4.79 Å². The van der Waals surface area contributed by atoms with Crippen molar-refractivity contribution in [2.75, 3.05) is 24.5 Å². The minimum Gasteiger partial charge on any atom is -0.371 e. The molecule has 0 bridgehead atoms. The van der Waals surface area contributed by atoms with E-state index in [1.165, 1.54) is 11.9 Å². The van der Waals surface area contributed by atoms with Crippen LogP contribution >= 0.6 is 0 Å². The maximum atomic E-state index is 12.5. The number of para-hydroxylation sites is 2. The lowest BCUT2D eigenvalue weighted by Crippen LogP contribution is -2.33. The first kappa shape index (κ1) is 16.4. The molecule has 2 aromatic carbocycles. The molecule has 0 unspecified atom stereocenters. The van der Waals surface area contributed by atoms with E-state index in [1.807, 2.05) is 30.3 Å². The van der Waals surface area contributed by atoms with Crippen LogP contribution in [-0.4, -0.2) is 30.5 Å². The van der Waals surface area contributed by atoms with Crippen LogP contribution in [0.3, 0.4) is 0 Å². The molecule has 5 heteroatoms. The first-order chi connectivity index (χ1) is 12.7. The molecule has 0 spiro atoms. The summed E-state index contributed by atoms with van der Waals surface area (Å²) in [5.41, 5.74) is 1.89. The molecule has 1 fully saturated rings. The first-order valence-electron chi connectivity index (χ1n) is 8.91. The van der Waals surface area contributed by atoms with Crippen molar-refractivity contribution in [1.82, 2.24) is 10.3 Å². The lowest BCUT2D eigenvalue weighted by Gasteiger charge is -2.18. The van der Waals surface area contributed by atoms with Crippen LogP contribution in [0.15, 0.2) is 65.6 Å². The van der Waals surface area contributed by atoms with Crippen LogP contribution in [0.1, 0.15) is 16.8 Å². The van der Waals surface area contributed by atoms with Crippen LogP contribution in [0.25, 0.3) is 10.9 Å². The van der Waals surface area contributed by atoms with E-state index in [1.54, 1.807) is 12.1 Å². The van der Waals surface area contributed by atoms with Gasteiger partial charge in [0.2, 0.25) is 5.43 Å². The van der Waals surface area contributed by atoms with Gasteiger partial charge in [-0.2, -0.15) is 0 Å². The standard InChI is InChI=1S/C21H21N3O2/c25-20-17-8-4-5-9-19(17)22-13-18(20)21(26)23-12-15-10-11-24(14-15)16-6-2-1-3-7-16/h1-9,13,15H,10-12,14H2,(H,22,25)(H,23,26)/t15-/m1/s1. The number of fused-ring (bicyclic) bond motifs is 1. The molecule has 2 heterocycles. The smallest absolute Gasteiger partial charge is 0.256 e. The Hall–Kier alpha value is -3.08. The second-order valence-corrected chi connectivity index (χ2v) is 6.72. The Morgan fingerprint density at radius 2 is 1.88 bits per heavy atom. The van der Waals surface area contributed by atoms with Crippen molar-refractivity contribution in [2.24, 2.45) is 5.92 Å². The SMILES string of the molecule is O=C(NC[C@H]1CCN(c2ccccc2)C1)c1c[nH]c2ccccc2c1=O. The largest absolute Gasteiger partial charge is 0.371 e. The van der Waals surface area contributed by atoms with Crippen LogP contribution in [0.2, 0.25) is 0 Å². The fraction of sp³-hybridized carbons (Fsp3) is 0.238. The molecule has 132 valence electrons. The number of hydrogen-bond acceptors (Lipinski definition) is 3. The van der Waals surface area contributed by atoms with Crippen molar-refractivity contribution in [1.29, 1.82) is 0 Å². The average Bonchev–Trinajstić information content (AvgIpc) is 3.16. The molecule has 1 atom stereocenters. The second-order valence-electron chi connectivity index (χ2n) is 6.72. The van der Waals surface area contributed by atoms with Crippen molar-refractivity contribution in [3.05, 3.63) is 76.6 Å². The number of anilines is 1. The van der Waals surface area contributed by atoms with Gasteiger partial charge in [0.1, 0.15) is 5.56 Å². The number of nitrogens with one attached hydrogen (secondary N) is 2. The van der Waals surface area contributed by atoms with E-state index in [0.29, 0.717) is 17.8 Å². The number of hydrogen-bond donors (Lipinski definition) is 2. The highest BCUT2D eigenvalue weighted by Crippen LogP contribution is 2.23. The van der Waals surface area contributed by atoms with Crippen LogP contribution < -0.4 is 15.6 Å². The first-order valence-corrected chi connectivity index (χ1v) is 8.91. The maximum Gasteiger partial charge on any atom is 0.256 e. The summed E-state index contributed by atoms with van der Waals surface area (Å²) in [6.45, 7) is 2.48. The van der Waals surface area contributed by atoms with E-state index in [-0.39, 0.29) is 16.9 Å². The zero-order chi connectivity index (χ0) is 17.9. The molecular formula is C21H21N3O2. The van der Waals surface area contributed by atoms with Crippen molar-refractivity contribution in [3.63, 3.8) is 0 Å². The van der Waals surface area contributed by atoms with Crippen LogP contribution in [0.5, 0.6) is 0 Å². The Balaban J connectivity index is 1.40. The molecular weight excluding hydrogens is 326 g/mol. The second kappa shape index (κ2) is 7.04. The number of pyridine rings is 1. The van der Waals surface area contributed by atoms with Gasteiger partial charge in [-0.15, -0.1) is 0 Å². The minimum atomic E-state index is -0.310. The summed E-state index contributed by atoms with van der Waals surface area (Å²) < 4.78 is 0. The van der Waals surface area contributed by atoms with Gasteiger partial charge in [-0.25, -0.2) is 0 Å². The fourth-order valence-corrected chi connectivity index (χ4v) is 3.54. The number of aromatic nitrogens is 1. The monoisotopic (exact) mass is 347 g/mol. The normalized spacial score (nSPS) is 16.8. The van der Waals surface area contributed by atoms with E-state index in [9.17, 15) is 9.59 Å². The topological polar surface area (TPSA) is 65.2 Å². The summed E-state index contributed by atoms with van der Waals surface area (Å²) in [5.74, 6) is 0.0776. The van der Waals surface area contributed by atoms with E-state index in [2.05, 4.69) is 27.3 Å². The summed E-state index contributed by atoms with van der Waals surface area (Å²) in [4.78, 5) is 30.3. The number of amides is 1. The Bertz CT molecular complexity index is 981. The van der Waals surface area contributed by atoms with E-state index < -0.39 is 0 Å². The third kappa shape index (κ3) is 3.20. The Labute approximate surface area is 151 Å². The summed E-state index contributed by atoms with van der Waals surface area (Å²) in [6.07, 6.45) is 2.54. The highest BCUT2D eigenvalue weighted by atomic mass is 16.2. The molecule has 2 N–H and O–H groups in total. The molecule has 26 heavy (non-hydrogen) atoms. The zero-order valence-corrected chi connectivity index (χ0v) is 14.4. The molecule has 1 saturated heterocycles. The number of aromatic amines is 1. The van der Waals surface area contributed by atoms with Crippen LogP contribution in [-0.2, 0) is 0 Å². The number of rotatable bonds is 4. The highest BCUT2D eigenvalue weighted by Gasteiger charge is 2.23. The molecule has 4 rings (SSSR count). The number of nitrogens with zero attached hydrogens (tertiary/aromatic N) is 1. The summed E-state index contributed by atoms with van der Waals surface area (Å²) in [5, 5.41) is 3.47. The Kier molecular flexibility index (Phi) is 4.44. The lowest BCUT2D eigenvalue weighted by atomic mass is 10.1. The van der Waals surface area contributed by atoms with Gasteiger partial charge in [0.05, 0.1) is 0 Å². The van der Waals surface area contributed by atoms with Gasteiger partial charge in [0.25, 0.3) is 5.91 Å². The van der Waals surface area contributed by atoms with Gasteiger partial charge in [0.15, 0.2) is 0 Å². The molecule has 0 saturated carbocycles. The van der Waals surface area contributed by atoms with Gasteiger partial charge in [0, 0.05) is 42.4 Å². The zero-order valence-electron chi connectivity index (χ0n) is 14.4. The Morgan fingerprint density at radius 1 is 1.12 bits per heavy atom. The minimum absolute atomic E-state index is 0.168. The number of carbonyl (C=O) groups excluding carboxylic acids is 1. The van der Waals surface area contributed by atoms with Gasteiger partial charge in [-0.1, -0.05) is 30.3 Å². The molecule has 0 radical (unpaired) electrons. The summed E-state index contributed by atoms with van der Waals surface area (Å²) in [7, 11) is 0. The maximum absolute atomic E-state index is 12.5. The molecule has 5 nitrogen and oxygen atoms in total. The van der Waals surface area contributed by atoms with Gasteiger partial charge >= 0.3 is 0 Å². The Morgan fingerprint density at radius 3 is 2.73 bits per heavy atom. The van der Waals surface area contributed by atoms with Crippen LogP contribution in [0.4, 0.5) is 5.69 Å². The number of carbonyl (C=O) groups is 1. The predicted molar refractivity (Wildman–Crippen MR) is 104 cm³/mol. The quantitative estimate of drug-likeness (QED) is 0.763. The molecule has 1 aromatic heterocycles. The number of benzene rings is 2.